The maximum Gasteiger partial charge on any atom is 0.338 e. The Kier molecular flexibility index (Phi) is 6.98. The molecule has 1 heterocycles. The minimum Gasteiger partial charge on any atom is -0.462 e. The molecule has 3 rings (SSSR count). The molecule has 30 heavy (non-hydrogen) atoms. The maximum absolute atomic E-state index is 12.5. The average molecular weight is 410 g/mol. The summed E-state index contributed by atoms with van der Waals surface area (Å²) in [6.45, 7) is 6.09. The van der Waals surface area contributed by atoms with Crippen LogP contribution in [0.4, 0.5) is 11.4 Å². The lowest BCUT2D eigenvalue weighted by Crippen LogP contribution is -2.32. The number of primary amides is 1. The number of ether oxygens (including phenoxy) is 1. The van der Waals surface area contributed by atoms with Crippen molar-refractivity contribution in [2.75, 3.05) is 30.3 Å². The molecular weight excluding hydrogens is 378 g/mol. The van der Waals surface area contributed by atoms with Gasteiger partial charge in [0.2, 0.25) is 5.91 Å². The molecule has 2 atom stereocenters. The van der Waals surface area contributed by atoms with Gasteiger partial charge >= 0.3 is 5.97 Å². The lowest BCUT2D eigenvalue weighted by Gasteiger charge is -2.33. The van der Waals surface area contributed by atoms with Gasteiger partial charge in [-0.05, 0) is 73.6 Å². The Morgan fingerprint density at radius 3 is 2.33 bits per heavy atom. The number of esters is 1. The standard InChI is InChI=1S/C24H31N3O3/c1-3-30-24(29)18-9-7-17(8-10-18)22(23(26)28)16(2)20-15-19(25)11-12-21(20)27-13-5-4-6-14-27/h7-12,15-16,22H,3-6,13-14,25H2,1-2H3,(H2,26,28). The highest BCUT2D eigenvalue weighted by Gasteiger charge is 2.29. The fraction of sp³-hybridized carbons (Fsp3) is 0.417. The van der Waals surface area contributed by atoms with Gasteiger partial charge in [-0.1, -0.05) is 19.1 Å². The Labute approximate surface area is 178 Å². The number of nitrogen functional groups attached to an aromatic ring is 1. The SMILES string of the molecule is CCOC(=O)c1ccc(C(C(N)=O)C(C)c2cc(N)ccc2N2CCCCC2)cc1. The first-order chi connectivity index (χ1) is 14.4. The van der Waals surface area contributed by atoms with E-state index in [-0.39, 0.29) is 11.9 Å². The van der Waals surface area contributed by atoms with Crippen LogP contribution in [0.15, 0.2) is 42.5 Å². The molecule has 1 aliphatic rings. The molecule has 2 aromatic rings. The van der Waals surface area contributed by atoms with E-state index < -0.39 is 11.8 Å². The van der Waals surface area contributed by atoms with Gasteiger partial charge in [0.25, 0.3) is 0 Å². The first-order valence-corrected chi connectivity index (χ1v) is 10.6. The van der Waals surface area contributed by atoms with Crippen molar-refractivity contribution in [2.24, 2.45) is 5.73 Å². The number of hydrogen-bond donors (Lipinski definition) is 2. The van der Waals surface area contributed by atoms with E-state index >= 15 is 0 Å². The highest BCUT2D eigenvalue weighted by atomic mass is 16.5. The van der Waals surface area contributed by atoms with Crippen molar-refractivity contribution >= 4 is 23.3 Å². The van der Waals surface area contributed by atoms with Crippen LogP contribution in [0.25, 0.3) is 0 Å². The average Bonchev–Trinajstić information content (AvgIpc) is 2.75. The number of carbonyl (C=O) groups is 2. The Bertz CT molecular complexity index is 889. The first-order valence-electron chi connectivity index (χ1n) is 10.6. The van der Waals surface area contributed by atoms with Crippen molar-refractivity contribution in [3.63, 3.8) is 0 Å². The van der Waals surface area contributed by atoms with Crippen LogP contribution in [0, 0.1) is 0 Å². The largest absolute Gasteiger partial charge is 0.462 e. The molecule has 1 saturated heterocycles. The molecule has 1 fully saturated rings. The molecular formula is C24H31N3O3. The third kappa shape index (κ3) is 4.75. The van der Waals surface area contributed by atoms with Crippen LogP contribution in [0.5, 0.6) is 0 Å². The van der Waals surface area contributed by atoms with Gasteiger partial charge in [0.1, 0.15) is 0 Å². The molecule has 6 heteroatoms. The summed E-state index contributed by atoms with van der Waals surface area (Å²) in [5, 5.41) is 0. The number of rotatable bonds is 7. The molecule has 2 unspecified atom stereocenters. The van der Waals surface area contributed by atoms with Crippen LogP contribution in [0.2, 0.25) is 0 Å². The molecule has 4 N–H and O–H groups in total. The lowest BCUT2D eigenvalue weighted by atomic mass is 9.80. The van der Waals surface area contributed by atoms with Crippen LogP contribution in [-0.4, -0.2) is 31.6 Å². The van der Waals surface area contributed by atoms with E-state index in [0.717, 1.165) is 42.7 Å². The summed E-state index contributed by atoms with van der Waals surface area (Å²) in [6.07, 6.45) is 3.56. The summed E-state index contributed by atoms with van der Waals surface area (Å²) < 4.78 is 5.04. The maximum atomic E-state index is 12.5. The number of nitrogens with zero attached hydrogens (tertiary/aromatic N) is 1. The number of hydrogen-bond acceptors (Lipinski definition) is 5. The van der Waals surface area contributed by atoms with Crippen molar-refractivity contribution in [3.8, 4) is 0 Å². The molecule has 0 bridgehead atoms. The van der Waals surface area contributed by atoms with Crippen LogP contribution >= 0.6 is 0 Å². The van der Waals surface area contributed by atoms with E-state index in [1.807, 2.05) is 25.1 Å². The summed E-state index contributed by atoms with van der Waals surface area (Å²) >= 11 is 0. The van der Waals surface area contributed by atoms with Crippen LogP contribution in [0.1, 0.15) is 66.4 Å². The Hall–Kier alpha value is -3.02. The molecule has 160 valence electrons. The molecule has 0 aliphatic carbocycles. The minimum absolute atomic E-state index is 0.170. The third-order valence-corrected chi connectivity index (χ3v) is 5.83. The van der Waals surface area contributed by atoms with Gasteiger partial charge < -0.3 is 21.1 Å². The number of carbonyl (C=O) groups excluding carboxylic acids is 2. The van der Waals surface area contributed by atoms with Gasteiger partial charge in [-0.15, -0.1) is 0 Å². The van der Waals surface area contributed by atoms with Gasteiger partial charge in [-0.2, -0.15) is 0 Å². The zero-order chi connectivity index (χ0) is 21.7. The van der Waals surface area contributed by atoms with Gasteiger partial charge in [-0.3, -0.25) is 4.79 Å². The fourth-order valence-electron chi connectivity index (χ4n) is 4.28. The highest BCUT2D eigenvalue weighted by Crippen LogP contribution is 2.39. The van der Waals surface area contributed by atoms with Crippen LogP contribution in [-0.2, 0) is 9.53 Å². The molecule has 0 spiro atoms. The molecule has 6 nitrogen and oxygen atoms in total. The number of amides is 1. The second-order valence-electron chi connectivity index (χ2n) is 7.88. The van der Waals surface area contributed by atoms with Crippen LogP contribution < -0.4 is 16.4 Å². The molecule has 0 radical (unpaired) electrons. The molecule has 1 aliphatic heterocycles. The minimum atomic E-state index is -0.536. The van der Waals surface area contributed by atoms with Gasteiger partial charge in [0.05, 0.1) is 18.1 Å². The quantitative estimate of drug-likeness (QED) is 0.535. The van der Waals surface area contributed by atoms with E-state index in [9.17, 15) is 9.59 Å². The van der Waals surface area contributed by atoms with Crippen molar-refractivity contribution in [2.45, 2.75) is 44.9 Å². The monoisotopic (exact) mass is 409 g/mol. The zero-order valence-corrected chi connectivity index (χ0v) is 17.8. The summed E-state index contributed by atoms with van der Waals surface area (Å²) in [7, 11) is 0. The second-order valence-corrected chi connectivity index (χ2v) is 7.88. The fourth-order valence-corrected chi connectivity index (χ4v) is 4.28. The molecule has 0 aromatic heterocycles. The van der Waals surface area contributed by atoms with E-state index in [2.05, 4.69) is 4.90 Å². The Balaban J connectivity index is 1.94. The molecule has 1 amide bonds. The normalized spacial score (nSPS) is 16.0. The van der Waals surface area contributed by atoms with E-state index in [1.54, 1.807) is 31.2 Å². The van der Waals surface area contributed by atoms with Crippen LogP contribution in [0.3, 0.4) is 0 Å². The molecule has 0 saturated carbocycles. The van der Waals surface area contributed by atoms with Crippen molar-refractivity contribution in [3.05, 3.63) is 59.2 Å². The molecule has 2 aromatic carbocycles. The zero-order valence-electron chi connectivity index (χ0n) is 17.8. The van der Waals surface area contributed by atoms with Gasteiger partial charge in [0, 0.05) is 24.5 Å². The van der Waals surface area contributed by atoms with E-state index in [4.69, 9.17) is 16.2 Å². The lowest BCUT2D eigenvalue weighted by molar-refractivity contribution is -0.119. The van der Waals surface area contributed by atoms with Gasteiger partial charge in [0.15, 0.2) is 0 Å². The summed E-state index contributed by atoms with van der Waals surface area (Å²) in [5.74, 6) is -1.49. The number of anilines is 2. The topological polar surface area (TPSA) is 98.6 Å². The highest BCUT2D eigenvalue weighted by molar-refractivity contribution is 5.90. The Morgan fingerprint density at radius 2 is 1.73 bits per heavy atom. The summed E-state index contributed by atoms with van der Waals surface area (Å²) in [4.78, 5) is 26.8. The van der Waals surface area contributed by atoms with Crippen molar-refractivity contribution in [1.29, 1.82) is 0 Å². The van der Waals surface area contributed by atoms with E-state index in [0.29, 0.717) is 17.9 Å². The second kappa shape index (κ2) is 9.65. The summed E-state index contributed by atoms with van der Waals surface area (Å²) in [5.41, 5.74) is 16.0. The first kappa shape index (κ1) is 21.7. The predicted molar refractivity (Wildman–Crippen MR) is 120 cm³/mol. The Morgan fingerprint density at radius 1 is 1.07 bits per heavy atom. The summed E-state index contributed by atoms with van der Waals surface area (Å²) in [6, 6.07) is 12.8. The smallest absolute Gasteiger partial charge is 0.338 e. The third-order valence-electron chi connectivity index (χ3n) is 5.83. The number of nitrogens with two attached hydrogens (primary N) is 2. The van der Waals surface area contributed by atoms with Gasteiger partial charge in [-0.25, -0.2) is 4.79 Å². The van der Waals surface area contributed by atoms with Crippen molar-refractivity contribution in [1.82, 2.24) is 0 Å². The van der Waals surface area contributed by atoms with Crippen molar-refractivity contribution < 1.29 is 14.3 Å². The predicted octanol–water partition coefficient (Wildman–Crippen LogP) is 3.81. The van der Waals surface area contributed by atoms with E-state index in [1.165, 1.54) is 6.42 Å². The number of benzene rings is 2. The number of piperidine rings is 1.